The number of aromatic nitrogens is 2. The van der Waals surface area contributed by atoms with Crippen LogP contribution in [0.15, 0.2) is 82.8 Å². The third-order valence-corrected chi connectivity index (χ3v) is 6.27. The Morgan fingerprint density at radius 1 is 1.12 bits per heavy atom. The molecule has 2 aromatic heterocycles. The topological polar surface area (TPSA) is 89.2 Å². The van der Waals surface area contributed by atoms with Crippen molar-refractivity contribution in [3.05, 3.63) is 95.2 Å². The molecule has 0 spiro atoms. The average Bonchev–Trinajstić information content (AvgIpc) is 3.51. The normalized spacial score (nSPS) is 10.7. The molecule has 0 saturated heterocycles. The summed E-state index contributed by atoms with van der Waals surface area (Å²) in [6.45, 7) is 2.19. The Hall–Kier alpha value is -3.49. The quantitative estimate of drug-likeness (QED) is 0.343. The number of furan rings is 1. The van der Waals surface area contributed by atoms with Gasteiger partial charge in [-0.2, -0.15) is 0 Å². The predicted octanol–water partition coefficient (Wildman–Crippen LogP) is 5.09. The molecule has 2 aromatic carbocycles. The number of halogens is 1. The van der Waals surface area contributed by atoms with E-state index in [-0.39, 0.29) is 17.6 Å². The minimum absolute atomic E-state index is 0.150. The summed E-state index contributed by atoms with van der Waals surface area (Å²) in [5.74, 6) is 0.542. The number of nitrogens with zero attached hydrogens (tertiary/aromatic N) is 2. The number of benzene rings is 2. The number of amides is 2. The van der Waals surface area contributed by atoms with Crippen LogP contribution in [-0.2, 0) is 11.3 Å². The smallest absolute Gasteiger partial charge is 0.251 e. The fourth-order valence-electron chi connectivity index (χ4n) is 3.11. The number of imidazole rings is 1. The molecule has 9 heteroatoms. The van der Waals surface area contributed by atoms with Gasteiger partial charge in [0.2, 0.25) is 5.91 Å². The predicted molar refractivity (Wildman–Crippen MR) is 129 cm³/mol. The first kappa shape index (κ1) is 22.7. The van der Waals surface area contributed by atoms with Crippen molar-refractivity contribution in [2.45, 2.75) is 18.6 Å². The summed E-state index contributed by atoms with van der Waals surface area (Å²) in [6, 6.07) is 16.1. The van der Waals surface area contributed by atoms with E-state index in [0.29, 0.717) is 33.7 Å². The molecule has 0 saturated carbocycles. The Morgan fingerprint density at radius 2 is 1.94 bits per heavy atom. The summed E-state index contributed by atoms with van der Waals surface area (Å²) in [5, 5.41) is 6.98. The van der Waals surface area contributed by atoms with Crippen LogP contribution in [0, 0.1) is 6.92 Å². The molecule has 7 nitrogen and oxygen atoms in total. The van der Waals surface area contributed by atoms with Gasteiger partial charge < -0.3 is 15.1 Å². The van der Waals surface area contributed by atoms with E-state index >= 15 is 0 Å². The van der Waals surface area contributed by atoms with Gasteiger partial charge in [-0.15, -0.1) is 0 Å². The van der Waals surface area contributed by atoms with Crippen LogP contribution in [0.4, 0.5) is 5.69 Å². The monoisotopic (exact) mass is 480 g/mol. The molecule has 0 bridgehead atoms. The fourth-order valence-corrected chi connectivity index (χ4v) is 4.06. The first-order chi connectivity index (χ1) is 16.0. The van der Waals surface area contributed by atoms with Gasteiger partial charge in [0, 0.05) is 34.4 Å². The van der Waals surface area contributed by atoms with E-state index < -0.39 is 0 Å². The second-order valence-electron chi connectivity index (χ2n) is 7.14. The molecule has 33 heavy (non-hydrogen) atoms. The first-order valence-corrected chi connectivity index (χ1v) is 11.5. The van der Waals surface area contributed by atoms with Crippen molar-refractivity contribution in [3.8, 4) is 5.69 Å². The summed E-state index contributed by atoms with van der Waals surface area (Å²) in [7, 11) is 0. The number of rotatable bonds is 8. The summed E-state index contributed by atoms with van der Waals surface area (Å²) in [4.78, 5) is 29.1. The first-order valence-electron chi connectivity index (χ1n) is 10.1. The van der Waals surface area contributed by atoms with Gasteiger partial charge in [0.1, 0.15) is 5.76 Å². The summed E-state index contributed by atoms with van der Waals surface area (Å²) in [6.07, 6.45) is 5.05. The van der Waals surface area contributed by atoms with Crippen molar-refractivity contribution < 1.29 is 14.0 Å². The van der Waals surface area contributed by atoms with E-state index in [1.54, 1.807) is 48.9 Å². The lowest BCUT2D eigenvalue weighted by molar-refractivity contribution is -0.113. The molecule has 4 rings (SSSR count). The van der Waals surface area contributed by atoms with Gasteiger partial charge in [-0.1, -0.05) is 29.4 Å². The van der Waals surface area contributed by atoms with Crippen molar-refractivity contribution in [1.82, 2.24) is 14.9 Å². The maximum absolute atomic E-state index is 12.4. The van der Waals surface area contributed by atoms with Crippen LogP contribution < -0.4 is 10.6 Å². The maximum atomic E-state index is 12.4. The van der Waals surface area contributed by atoms with E-state index in [4.69, 9.17) is 16.0 Å². The zero-order valence-electron chi connectivity index (χ0n) is 17.7. The van der Waals surface area contributed by atoms with E-state index in [1.807, 2.05) is 35.9 Å². The molecule has 0 aliphatic heterocycles. The highest BCUT2D eigenvalue weighted by Crippen LogP contribution is 2.24. The van der Waals surface area contributed by atoms with Gasteiger partial charge in [-0.25, -0.2) is 4.98 Å². The highest BCUT2D eigenvalue weighted by molar-refractivity contribution is 7.99. The van der Waals surface area contributed by atoms with Crippen molar-refractivity contribution in [3.63, 3.8) is 0 Å². The zero-order valence-corrected chi connectivity index (χ0v) is 19.3. The molecule has 0 aliphatic rings. The van der Waals surface area contributed by atoms with E-state index in [1.165, 1.54) is 11.8 Å². The summed E-state index contributed by atoms with van der Waals surface area (Å²) in [5.41, 5.74) is 2.89. The van der Waals surface area contributed by atoms with Crippen LogP contribution in [0.25, 0.3) is 5.69 Å². The lowest BCUT2D eigenvalue weighted by Gasteiger charge is -2.10. The van der Waals surface area contributed by atoms with Crippen molar-refractivity contribution in [1.29, 1.82) is 0 Å². The van der Waals surface area contributed by atoms with Crippen LogP contribution in [0.5, 0.6) is 0 Å². The standard InChI is InChI=1S/C24H21ClN4O3S/c1-16-20(25)5-2-6-21(16)28-22(30)15-33-24-26-11-12-29(24)18-9-7-17(8-10-18)23(31)27-14-19-4-3-13-32-19/h2-13H,14-15H2,1H3,(H,27,31)(H,28,30). The van der Waals surface area contributed by atoms with Gasteiger partial charge in [0.15, 0.2) is 5.16 Å². The highest BCUT2D eigenvalue weighted by atomic mass is 35.5. The number of nitrogens with one attached hydrogen (secondary N) is 2. The van der Waals surface area contributed by atoms with Gasteiger partial charge in [-0.3, -0.25) is 14.2 Å². The van der Waals surface area contributed by atoms with Crippen LogP contribution in [-0.4, -0.2) is 27.1 Å². The molecular weight excluding hydrogens is 460 g/mol. The second kappa shape index (κ2) is 10.4. The number of thioether (sulfide) groups is 1. The fraction of sp³-hybridized carbons (Fsp3) is 0.125. The van der Waals surface area contributed by atoms with Crippen LogP contribution in [0.3, 0.4) is 0 Å². The summed E-state index contributed by atoms with van der Waals surface area (Å²) >= 11 is 7.44. The van der Waals surface area contributed by atoms with Gasteiger partial charge in [-0.05, 0) is 61.0 Å². The lowest BCUT2D eigenvalue weighted by Crippen LogP contribution is -2.22. The number of carbonyl (C=O) groups is 2. The Kier molecular flexibility index (Phi) is 7.16. The molecule has 0 unspecified atom stereocenters. The molecular formula is C24H21ClN4O3S. The number of anilines is 1. The SMILES string of the molecule is Cc1c(Cl)cccc1NC(=O)CSc1nccn1-c1ccc(C(=O)NCc2ccco2)cc1. The van der Waals surface area contributed by atoms with Crippen molar-refractivity contribution in [2.75, 3.05) is 11.1 Å². The minimum Gasteiger partial charge on any atom is -0.467 e. The maximum Gasteiger partial charge on any atom is 0.251 e. The van der Waals surface area contributed by atoms with E-state index in [2.05, 4.69) is 15.6 Å². The Morgan fingerprint density at radius 3 is 2.70 bits per heavy atom. The molecule has 0 fully saturated rings. The third-order valence-electron chi connectivity index (χ3n) is 4.89. The van der Waals surface area contributed by atoms with Gasteiger partial charge in [0.25, 0.3) is 5.91 Å². The minimum atomic E-state index is -0.189. The number of hydrogen-bond acceptors (Lipinski definition) is 5. The number of hydrogen-bond donors (Lipinski definition) is 2. The summed E-state index contributed by atoms with van der Waals surface area (Å²) < 4.78 is 7.09. The molecule has 168 valence electrons. The average molecular weight is 481 g/mol. The Balaban J connectivity index is 1.36. The third kappa shape index (κ3) is 5.66. The zero-order chi connectivity index (χ0) is 23.2. The lowest BCUT2D eigenvalue weighted by atomic mass is 10.2. The number of carbonyl (C=O) groups excluding carboxylic acids is 2. The molecule has 2 amide bonds. The van der Waals surface area contributed by atoms with Crippen LogP contribution in [0.1, 0.15) is 21.7 Å². The van der Waals surface area contributed by atoms with Gasteiger partial charge >= 0.3 is 0 Å². The van der Waals surface area contributed by atoms with E-state index in [9.17, 15) is 9.59 Å². The van der Waals surface area contributed by atoms with Crippen molar-refractivity contribution >= 4 is 40.9 Å². The Bertz CT molecular complexity index is 1250. The Labute approximate surface area is 200 Å². The highest BCUT2D eigenvalue weighted by Gasteiger charge is 2.12. The van der Waals surface area contributed by atoms with Gasteiger partial charge in [0.05, 0.1) is 18.6 Å². The molecule has 2 N–H and O–H groups in total. The van der Waals surface area contributed by atoms with Crippen LogP contribution >= 0.6 is 23.4 Å². The molecule has 2 heterocycles. The molecule has 0 radical (unpaired) electrons. The van der Waals surface area contributed by atoms with E-state index in [0.717, 1.165) is 11.3 Å². The molecule has 0 aliphatic carbocycles. The molecule has 0 atom stereocenters. The largest absolute Gasteiger partial charge is 0.467 e. The second-order valence-corrected chi connectivity index (χ2v) is 8.49. The molecule has 4 aromatic rings. The van der Waals surface area contributed by atoms with Crippen LogP contribution in [0.2, 0.25) is 5.02 Å². The van der Waals surface area contributed by atoms with Crippen molar-refractivity contribution in [2.24, 2.45) is 0 Å².